The largest absolute Gasteiger partial charge is 0.481 e. The lowest BCUT2D eigenvalue weighted by molar-refractivity contribution is -0.145. The second-order valence-electron chi connectivity index (χ2n) is 2.35. The third kappa shape index (κ3) is 17.1. The van der Waals surface area contributed by atoms with Crippen LogP contribution in [0.3, 0.4) is 0 Å². The van der Waals surface area contributed by atoms with Gasteiger partial charge in [-0.3, -0.25) is 4.79 Å². The van der Waals surface area contributed by atoms with Gasteiger partial charge in [0.05, 0.1) is 13.0 Å². The van der Waals surface area contributed by atoms with E-state index in [4.69, 9.17) is 20.1 Å². The average Bonchev–Trinajstić information content (AvgIpc) is 2.05. The molecule has 1 atom stereocenters. The van der Waals surface area contributed by atoms with Crippen molar-refractivity contribution in [3.8, 4) is 0 Å². The summed E-state index contributed by atoms with van der Waals surface area (Å²) in [5.41, 5.74) is 0. The first-order valence-electron chi connectivity index (χ1n) is 4.12. The van der Waals surface area contributed by atoms with Gasteiger partial charge in [0, 0.05) is 6.61 Å². The van der Waals surface area contributed by atoms with Gasteiger partial charge in [-0.2, -0.15) is 0 Å². The van der Waals surface area contributed by atoms with E-state index in [1.165, 1.54) is 6.92 Å². The molecule has 0 aromatic heterocycles. The van der Waals surface area contributed by atoms with Gasteiger partial charge in [0.2, 0.25) is 0 Å². The van der Waals surface area contributed by atoms with Crippen molar-refractivity contribution >= 4 is 11.9 Å². The summed E-state index contributed by atoms with van der Waals surface area (Å²) < 4.78 is 4.76. The van der Waals surface area contributed by atoms with Crippen molar-refractivity contribution in [2.24, 2.45) is 0 Å². The zero-order chi connectivity index (χ0) is 11.6. The van der Waals surface area contributed by atoms with Gasteiger partial charge in [-0.25, -0.2) is 4.79 Å². The van der Waals surface area contributed by atoms with Gasteiger partial charge in [-0.15, -0.1) is 0 Å². The van der Waals surface area contributed by atoms with E-state index in [9.17, 15) is 9.59 Å². The zero-order valence-corrected chi connectivity index (χ0v) is 8.27. The lowest BCUT2D eigenvalue weighted by Crippen LogP contribution is -2.13. The molecule has 0 aromatic rings. The number of aliphatic hydroxyl groups excluding tert-OH is 1. The Hall–Kier alpha value is -1.14. The lowest BCUT2D eigenvalue weighted by atomic mass is 10.4. The Morgan fingerprint density at radius 2 is 1.79 bits per heavy atom. The smallest absolute Gasteiger partial charge is 0.332 e. The molecule has 6 nitrogen and oxygen atoms in total. The standard InChI is InChI=1S/C5H10O3.C3H6O3/c1-2-8-4-3-5(6)7;1-2(4)3(5)6/h2-4H2,1H3,(H,6,7);2,4H,1H3,(H,5,6). The molecule has 84 valence electrons. The Balaban J connectivity index is 0. The van der Waals surface area contributed by atoms with Gasteiger partial charge < -0.3 is 20.1 Å². The monoisotopic (exact) mass is 208 g/mol. The summed E-state index contributed by atoms with van der Waals surface area (Å²) >= 11 is 0. The predicted octanol–water partition coefficient (Wildman–Crippen LogP) is -0.0506. The topological polar surface area (TPSA) is 104 Å². The number of ether oxygens (including phenoxy) is 1. The quantitative estimate of drug-likeness (QED) is 0.547. The van der Waals surface area contributed by atoms with Crippen LogP contribution in [0.4, 0.5) is 0 Å². The van der Waals surface area contributed by atoms with Crippen molar-refractivity contribution in [2.75, 3.05) is 13.2 Å². The SMILES string of the molecule is CC(O)C(=O)O.CCOCCC(=O)O. The highest BCUT2D eigenvalue weighted by atomic mass is 16.5. The highest BCUT2D eigenvalue weighted by Crippen LogP contribution is 1.80. The fraction of sp³-hybridized carbons (Fsp3) is 0.750. The van der Waals surface area contributed by atoms with E-state index in [1.54, 1.807) is 0 Å². The lowest BCUT2D eigenvalue weighted by Gasteiger charge is -1.93. The van der Waals surface area contributed by atoms with Crippen LogP contribution in [0, 0.1) is 0 Å². The molecule has 0 amide bonds. The van der Waals surface area contributed by atoms with Crippen molar-refractivity contribution in [1.82, 2.24) is 0 Å². The summed E-state index contributed by atoms with van der Waals surface area (Å²) in [6, 6.07) is 0. The number of hydrogen-bond acceptors (Lipinski definition) is 4. The molecular formula is C8H16O6. The highest BCUT2D eigenvalue weighted by Gasteiger charge is 2.01. The third-order valence-electron chi connectivity index (χ3n) is 1.02. The van der Waals surface area contributed by atoms with Gasteiger partial charge >= 0.3 is 11.9 Å². The molecule has 0 aromatic carbocycles. The van der Waals surface area contributed by atoms with E-state index in [-0.39, 0.29) is 6.42 Å². The van der Waals surface area contributed by atoms with Crippen LogP contribution in [-0.2, 0) is 14.3 Å². The number of aliphatic hydroxyl groups is 1. The molecule has 0 radical (unpaired) electrons. The molecule has 0 aliphatic carbocycles. The van der Waals surface area contributed by atoms with Crippen LogP contribution in [0.15, 0.2) is 0 Å². The summed E-state index contributed by atoms with van der Waals surface area (Å²) in [4.78, 5) is 19.2. The van der Waals surface area contributed by atoms with E-state index in [2.05, 4.69) is 0 Å². The fourth-order valence-corrected chi connectivity index (χ4v) is 0.304. The molecule has 0 rings (SSSR count). The van der Waals surface area contributed by atoms with Gasteiger partial charge in [0.1, 0.15) is 6.10 Å². The molecule has 3 N–H and O–H groups in total. The number of carbonyl (C=O) groups is 2. The molecule has 0 saturated heterocycles. The minimum Gasteiger partial charge on any atom is -0.481 e. The number of hydrogen-bond donors (Lipinski definition) is 3. The van der Waals surface area contributed by atoms with E-state index in [0.717, 1.165) is 0 Å². The van der Waals surface area contributed by atoms with Crippen LogP contribution in [0.2, 0.25) is 0 Å². The van der Waals surface area contributed by atoms with Gasteiger partial charge in [-0.1, -0.05) is 0 Å². The van der Waals surface area contributed by atoms with E-state index < -0.39 is 18.0 Å². The van der Waals surface area contributed by atoms with Crippen LogP contribution < -0.4 is 0 Å². The number of aliphatic carboxylic acids is 2. The van der Waals surface area contributed by atoms with Crippen molar-refractivity contribution in [3.63, 3.8) is 0 Å². The maximum Gasteiger partial charge on any atom is 0.332 e. The molecule has 0 aliphatic rings. The normalized spacial score (nSPS) is 11.1. The number of carboxylic acid groups (broad SMARTS) is 2. The maximum absolute atomic E-state index is 9.79. The molecule has 14 heavy (non-hydrogen) atoms. The Morgan fingerprint density at radius 3 is 2.00 bits per heavy atom. The Labute approximate surface area is 82.1 Å². The molecule has 0 heterocycles. The first kappa shape index (κ1) is 15.3. The van der Waals surface area contributed by atoms with E-state index in [1.807, 2.05) is 6.92 Å². The van der Waals surface area contributed by atoms with Gasteiger partial charge in [0.25, 0.3) is 0 Å². The van der Waals surface area contributed by atoms with Gasteiger partial charge in [0.15, 0.2) is 0 Å². The molecule has 0 saturated carbocycles. The Kier molecular flexibility index (Phi) is 10.9. The summed E-state index contributed by atoms with van der Waals surface area (Å²) in [5, 5.41) is 23.8. The van der Waals surface area contributed by atoms with Crippen molar-refractivity contribution < 1.29 is 29.6 Å². The van der Waals surface area contributed by atoms with E-state index in [0.29, 0.717) is 13.2 Å². The van der Waals surface area contributed by atoms with Crippen LogP contribution in [0.25, 0.3) is 0 Å². The minimum absolute atomic E-state index is 0.105. The van der Waals surface area contributed by atoms with Crippen molar-refractivity contribution in [3.05, 3.63) is 0 Å². The van der Waals surface area contributed by atoms with Crippen LogP contribution in [-0.4, -0.2) is 46.6 Å². The number of rotatable bonds is 5. The highest BCUT2D eigenvalue weighted by molar-refractivity contribution is 5.71. The van der Waals surface area contributed by atoms with Gasteiger partial charge in [-0.05, 0) is 13.8 Å². The molecular weight excluding hydrogens is 192 g/mol. The molecule has 0 bridgehead atoms. The van der Waals surface area contributed by atoms with Crippen LogP contribution >= 0.6 is 0 Å². The fourth-order valence-electron chi connectivity index (χ4n) is 0.304. The maximum atomic E-state index is 9.79. The number of carboxylic acids is 2. The van der Waals surface area contributed by atoms with Crippen LogP contribution in [0.5, 0.6) is 0 Å². The Morgan fingerprint density at radius 1 is 1.36 bits per heavy atom. The average molecular weight is 208 g/mol. The second-order valence-corrected chi connectivity index (χ2v) is 2.35. The third-order valence-corrected chi connectivity index (χ3v) is 1.02. The summed E-state index contributed by atoms with van der Waals surface area (Å²) in [7, 11) is 0. The summed E-state index contributed by atoms with van der Waals surface area (Å²) in [6.45, 7) is 3.95. The van der Waals surface area contributed by atoms with Crippen molar-refractivity contribution in [2.45, 2.75) is 26.4 Å². The summed E-state index contributed by atoms with van der Waals surface area (Å²) in [5.74, 6) is -1.99. The minimum atomic E-state index is -1.23. The van der Waals surface area contributed by atoms with E-state index >= 15 is 0 Å². The van der Waals surface area contributed by atoms with Crippen LogP contribution in [0.1, 0.15) is 20.3 Å². The second kappa shape index (κ2) is 9.94. The molecule has 6 heteroatoms. The first-order chi connectivity index (χ1) is 6.41. The molecule has 1 unspecified atom stereocenters. The first-order valence-corrected chi connectivity index (χ1v) is 4.12. The molecule has 0 fully saturated rings. The molecule has 0 spiro atoms. The van der Waals surface area contributed by atoms with Crippen molar-refractivity contribution in [1.29, 1.82) is 0 Å². The predicted molar refractivity (Wildman–Crippen MR) is 48.1 cm³/mol. The Bertz CT molecular complexity index is 165. The zero-order valence-electron chi connectivity index (χ0n) is 8.27. The molecule has 0 aliphatic heterocycles. The summed E-state index contributed by atoms with van der Waals surface area (Å²) in [6.07, 6.45) is -1.13.